The maximum absolute atomic E-state index is 8.36. The molecule has 0 aliphatic carbocycles. The zero-order chi connectivity index (χ0) is 6.41. The minimum absolute atomic E-state index is 0.193. The summed E-state index contributed by atoms with van der Waals surface area (Å²) in [5.74, 6) is 0. The highest BCUT2D eigenvalue weighted by Gasteiger charge is 1.88. The van der Waals surface area contributed by atoms with Gasteiger partial charge >= 0.3 is 0 Å². The molecule has 0 unspecified atom stereocenters. The molecule has 3 N–H and O–H groups in total. The molecule has 0 fully saturated rings. The topological polar surface area (TPSA) is 46.2 Å². The molecule has 0 amide bonds. The van der Waals surface area contributed by atoms with Gasteiger partial charge in [0.15, 0.2) is 0 Å². The molecule has 2 heteroatoms. The smallest absolute Gasteiger partial charge is 0.0468 e. The number of rotatable bonds is 4. The van der Waals surface area contributed by atoms with Crippen molar-refractivity contribution in [1.29, 1.82) is 0 Å². The second-order valence-corrected chi connectivity index (χ2v) is 1.76. The lowest BCUT2D eigenvalue weighted by Crippen LogP contribution is -2.00. The molecule has 0 radical (unpaired) electrons. The summed E-state index contributed by atoms with van der Waals surface area (Å²) in [4.78, 5) is 0. The Morgan fingerprint density at radius 3 is 2.50 bits per heavy atom. The summed E-state index contributed by atoms with van der Waals surface area (Å²) in [7, 11) is 0. The highest BCUT2D eigenvalue weighted by atomic mass is 16.2. The van der Waals surface area contributed by atoms with E-state index >= 15 is 0 Å². The average Bonchev–Trinajstić information content (AvgIpc) is 1.68. The van der Waals surface area contributed by atoms with Gasteiger partial charge in [-0.05, 0) is 19.4 Å². The highest BCUT2D eigenvalue weighted by molar-refractivity contribution is 4.93. The number of nitrogens with two attached hydrogens (primary N) is 1. The van der Waals surface area contributed by atoms with Crippen LogP contribution in [-0.4, -0.2) is 18.3 Å². The van der Waals surface area contributed by atoms with Crippen LogP contribution >= 0.6 is 0 Å². The third-order valence-electron chi connectivity index (χ3n) is 0.963. The summed E-state index contributed by atoms with van der Waals surface area (Å²) in [6.07, 6.45) is 1.53. The molecule has 0 saturated carbocycles. The Hall–Kier alpha value is -0.340. The molecule has 48 valence electrons. The number of aliphatic hydroxyl groups excluding tert-OH is 1. The van der Waals surface area contributed by atoms with Crippen LogP contribution < -0.4 is 5.73 Å². The van der Waals surface area contributed by atoms with Gasteiger partial charge in [-0.1, -0.05) is 12.2 Å². The average molecular weight is 115 g/mol. The van der Waals surface area contributed by atoms with E-state index in [-0.39, 0.29) is 6.61 Å². The fourth-order valence-corrected chi connectivity index (χ4v) is 0.487. The summed E-state index contributed by atoms with van der Waals surface area (Å²) in [5.41, 5.74) is 6.25. The Morgan fingerprint density at radius 2 is 2.12 bits per heavy atom. The first-order chi connectivity index (χ1) is 3.81. The van der Waals surface area contributed by atoms with Crippen molar-refractivity contribution in [3.63, 3.8) is 0 Å². The first kappa shape index (κ1) is 7.66. The molecule has 0 heterocycles. The predicted molar refractivity (Wildman–Crippen MR) is 34.5 cm³/mol. The van der Waals surface area contributed by atoms with Crippen molar-refractivity contribution in [1.82, 2.24) is 0 Å². The van der Waals surface area contributed by atoms with Crippen LogP contribution in [0.25, 0.3) is 0 Å². The van der Waals surface area contributed by atoms with Gasteiger partial charge in [0.1, 0.15) is 0 Å². The zero-order valence-corrected chi connectivity index (χ0v) is 5.06. The van der Waals surface area contributed by atoms with E-state index in [9.17, 15) is 0 Å². The molecule has 8 heavy (non-hydrogen) atoms. The van der Waals surface area contributed by atoms with Gasteiger partial charge in [0.25, 0.3) is 0 Å². The van der Waals surface area contributed by atoms with Gasteiger partial charge in [0.2, 0.25) is 0 Å². The Balaban J connectivity index is 3.06. The van der Waals surface area contributed by atoms with Crippen LogP contribution in [0.5, 0.6) is 0 Å². The maximum atomic E-state index is 8.36. The molecule has 0 bridgehead atoms. The van der Waals surface area contributed by atoms with Crippen LogP contribution in [0.2, 0.25) is 0 Å². The van der Waals surface area contributed by atoms with Crippen LogP contribution in [0.4, 0.5) is 0 Å². The Labute approximate surface area is 50.0 Å². The SMILES string of the molecule is C=C(CCN)CCO. The van der Waals surface area contributed by atoms with E-state index in [1.54, 1.807) is 0 Å². The zero-order valence-electron chi connectivity index (χ0n) is 5.06. The van der Waals surface area contributed by atoms with E-state index in [1.807, 2.05) is 0 Å². The lowest BCUT2D eigenvalue weighted by molar-refractivity contribution is 0.298. The number of hydrogen-bond acceptors (Lipinski definition) is 2. The van der Waals surface area contributed by atoms with E-state index in [0.29, 0.717) is 13.0 Å². The molecule has 0 atom stereocenters. The van der Waals surface area contributed by atoms with E-state index in [4.69, 9.17) is 10.8 Å². The van der Waals surface area contributed by atoms with Gasteiger partial charge in [-0.3, -0.25) is 0 Å². The monoisotopic (exact) mass is 115 g/mol. The lowest BCUT2D eigenvalue weighted by Gasteiger charge is -1.97. The number of aliphatic hydroxyl groups is 1. The fraction of sp³-hybridized carbons (Fsp3) is 0.667. The Kier molecular flexibility index (Phi) is 4.61. The van der Waals surface area contributed by atoms with Gasteiger partial charge in [0, 0.05) is 6.61 Å². The summed E-state index contributed by atoms with van der Waals surface area (Å²) < 4.78 is 0. The molecule has 0 aliphatic heterocycles. The Bertz CT molecular complexity index is 62.9. The van der Waals surface area contributed by atoms with Crippen LogP contribution in [0, 0.1) is 0 Å². The maximum Gasteiger partial charge on any atom is 0.0468 e. The summed E-state index contributed by atoms with van der Waals surface area (Å²) in [6, 6.07) is 0. The van der Waals surface area contributed by atoms with Gasteiger partial charge in [-0.25, -0.2) is 0 Å². The Morgan fingerprint density at radius 1 is 1.50 bits per heavy atom. The number of hydrogen-bond donors (Lipinski definition) is 2. The summed E-state index contributed by atoms with van der Waals surface area (Å²) in [6.45, 7) is 4.53. The second kappa shape index (κ2) is 4.81. The minimum atomic E-state index is 0.193. The molecular weight excluding hydrogens is 102 g/mol. The fourth-order valence-electron chi connectivity index (χ4n) is 0.487. The molecule has 0 saturated heterocycles. The van der Waals surface area contributed by atoms with Gasteiger partial charge in [0.05, 0.1) is 0 Å². The molecule has 0 spiro atoms. The quantitative estimate of drug-likeness (QED) is 0.517. The van der Waals surface area contributed by atoms with Crippen LogP contribution in [-0.2, 0) is 0 Å². The highest BCUT2D eigenvalue weighted by Crippen LogP contribution is 1.99. The van der Waals surface area contributed by atoms with Crippen molar-refractivity contribution < 1.29 is 5.11 Å². The molecule has 2 nitrogen and oxygen atoms in total. The molecular formula is C6H13NO. The normalized spacial score (nSPS) is 9.25. The van der Waals surface area contributed by atoms with E-state index in [1.165, 1.54) is 0 Å². The third kappa shape index (κ3) is 3.84. The first-order valence-electron chi connectivity index (χ1n) is 2.79. The predicted octanol–water partition coefficient (Wildman–Crippen LogP) is 0.274. The van der Waals surface area contributed by atoms with E-state index in [0.717, 1.165) is 12.0 Å². The second-order valence-electron chi connectivity index (χ2n) is 1.76. The van der Waals surface area contributed by atoms with Gasteiger partial charge in [-0.15, -0.1) is 0 Å². The molecule has 0 aromatic rings. The minimum Gasteiger partial charge on any atom is -0.396 e. The van der Waals surface area contributed by atoms with Crippen LogP contribution in [0.3, 0.4) is 0 Å². The van der Waals surface area contributed by atoms with Crippen molar-refractivity contribution in [3.05, 3.63) is 12.2 Å². The molecule has 0 aliphatic rings. The summed E-state index contributed by atoms with van der Waals surface area (Å²) in [5, 5.41) is 8.36. The van der Waals surface area contributed by atoms with E-state index < -0.39 is 0 Å². The van der Waals surface area contributed by atoms with Crippen molar-refractivity contribution in [2.75, 3.05) is 13.2 Å². The van der Waals surface area contributed by atoms with Crippen molar-refractivity contribution in [3.8, 4) is 0 Å². The summed E-state index contributed by atoms with van der Waals surface area (Å²) >= 11 is 0. The van der Waals surface area contributed by atoms with E-state index in [2.05, 4.69) is 6.58 Å². The van der Waals surface area contributed by atoms with Crippen molar-refractivity contribution >= 4 is 0 Å². The first-order valence-corrected chi connectivity index (χ1v) is 2.79. The van der Waals surface area contributed by atoms with Crippen LogP contribution in [0.1, 0.15) is 12.8 Å². The van der Waals surface area contributed by atoms with Crippen molar-refractivity contribution in [2.24, 2.45) is 5.73 Å². The van der Waals surface area contributed by atoms with Crippen LogP contribution in [0.15, 0.2) is 12.2 Å². The van der Waals surface area contributed by atoms with Gasteiger partial charge in [-0.2, -0.15) is 0 Å². The van der Waals surface area contributed by atoms with Gasteiger partial charge < -0.3 is 10.8 Å². The lowest BCUT2D eigenvalue weighted by atomic mass is 10.1. The third-order valence-corrected chi connectivity index (χ3v) is 0.963. The van der Waals surface area contributed by atoms with Crippen molar-refractivity contribution in [2.45, 2.75) is 12.8 Å². The largest absolute Gasteiger partial charge is 0.396 e. The molecule has 0 aromatic carbocycles. The standard InChI is InChI=1S/C6H13NO/c1-6(2-4-7)3-5-8/h8H,1-5,7H2. The molecule has 0 aromatic heterocycles. The molecule has 0 rings (SSSR count).